The molecule has 0 aliphatic heterocycles. The van der Waals surface area contributed by atoms with E-state index in [1.807, 2.05) is 19.1 Å². The lowest BCUT2D eigenvalue weighted by molar-refractivity contribution is -0.384. The summed E-state index contributed by atoms with van der Waals surface area (Å²) in [6.45, 7) is 1.93. The van der Waals surface area contributed by atoms with Gasteiger partial charge in [0.05, 0.1) is 15.3 Å². The molecule has 4 aromatic rings. The number of carbonyl (C=O) groups excluding carboxylic acids is 3. The second-order valence-electron chi connectivity index (χ2n) is 8.71. The van der Waals surface area contributed by atoms with Crippen molar-refractivity contribution in [1.29, 1.82) is 0 Å². The van der Waals surface area contributed by atoms with Crippen molar-refractivity contribution in [1.82, 2.24) is 0 Å². The van der Waals surface area contributed by atoms with Gasteiger partial charge in [-0.25, -0.2) is 4.79 Å². The van der Waals surface area contributed by atoms with Crippen molar-refractivity contribution in [2.75, 3.05) is 5.32 Å². The van der Waals surface area contributed by atoms with Gasteiger partial charge in [0.25, 0.3) is 11.6 Å². The molecule has 1 amide bonds. The number of alkyl halides is 1. The molecular weight excluding hydrogens is 564 g/mol. The SMILES string of the molecule is Cc1ccc(C(=O)Nc2ccc(C(=O)O[C@@H](C(=O)c3ccccc3)[C@H](Br)c3cccc([N+](=O)[O-])c3)cc2)cc1. The highest BCUT2D eigenvalue weighted by Gasteiger charge is 2.33. The third-order valence-electron chi connectivity index (χ3n) is 5.91. The van der Waals surface area contributed by atoms with Crippen LogP contribution in [-0.2, 0) is 4.74 Å². The highest BCUT2D eigenvalue weighted by molar-refractivity contribution is 9.09. The smallest absolute Gasteiger partial charge is 0.338 e. The molecule has 0 aromatic heterocycles. The largest absolute Gasteiger partial charge is 0.449 e. The molecule has 2 atom stereocenters. The zero-order valence-corrected chi connectivity index (χ0v) is 22.3. The first-order valence-electron chi connectivity index (χ1n) is 11.9. The van der Waals surface area contributed by atoms with Crippen molar-refractivity contribution in [2.24, 2.45) is 0 Å². The van der Waals surface area contributed by atoms with E-state index in [4.69, 9.17) is 4.74 Å². The van der Waals surface area contributed by atoms with Crippen LogP contribution < -0.4 is 5.32 Å². The zero-order valence-electron chi connectivity index (χ0n) is 20.7. The van der Waals surface area contributed by atoms with E-state index in [0.29, 0.717) is 22.4 Å². The molecule has 9 heteroatoms. The minimum Gasteiger partial charge on any atom is -0.449 e. The Kier molecular flexibility index (Phi) is 8.63. The Morgan fingerprint density at radius 1 is 0.821 bits per heavy atom. The third kappa shape index (κ3) is 6.82. The number of Topliss-reactive ketones (excluding diaryl/α,β-unsaturated/α-hetero) is 1. The number of rotatable bonds is 9. The van der Waals surface area contributed by atoms with Crippen LogP contribution in [0, 0.1) is 17.0 Å². The number of benzene rings is 4. The Balaban J connectivity index is 1.54. The van der Waals surface area contributed by atoms with Crippen molar-refractivity contribution in [3.8, 4) is 0 Å². The summed E-state index contributed by atoms with van der Waals surface area (Å²) in [5.41, 5.74) is 2.74. The quantitative estimate of drug-likeness (QED) is 0.0766. The van der Waals surface area contributed by atoms with Gasteiger partial charge in [-0.15, -0.1) is 0 Å². The van der Waals surface area contributed by atoms with Gasteiger partial charge in [0.1, 0.15) is 0 Å². The molecular formula is C30H23BrN2O6. The molecule has 0 fully saturated rings. The van der Waals surface area contributed by atoms with Crippen LogP contribution in [0.3, 0.4) is 0 Å². The molecule has 0 aliphatic carbocycles. The highest BCUT2D eigenvalue weighted by atomic mass is 79.9. The summed E-state index contributed by atoms with van der Waals surface area (Å²) in [5.74, 6) is -1.53. The minimum atomic E-state index is -1.32. The molecule has 0 aliphatic rings. The van der Waals surface area contributed by atoms with Crippen molar-refractivity contribution in [3.63, 3.8) is 0 Å². The van der Waals surface area contributed by atoms with Gasteiger partial charge in [-0.3, -0.25) is 19.7 Å². The number of nitro benzene ring substituents is 1. The Morgan fingerprint density at radius 3 is 2.10 bits per heavy atom. The second-order valence-corrected chi connectivity index (χ2v) is 9.69. The molecule has 0 saturated carbocycles. The van der Waals surface area contributed by atoms with Gasteiger partial charge >= 0.3 is 5.97 Å². The van der Waals surface area contributed by atoms with E-state index in [1.165, 1.54) is 30.3 Å². The lowest BCUT2D eigenvalue weighted by atomic mass is 9.99. The van der Waals surface area contributed by atoms with E-state index in [2.05, 4.69) is 21.2 Å². The van der Waals surface area contributed by atoms with Crippen LogP contribution >= 0.6 is 15.9 Å². The number of ether oxygens (including phenoxy) is 1. The second kappa shape index (κ2) is 12.3. The standard InChI is InChI=1S/C30H23BrN2O6/c1-19-10-12-21(13-11-19)29(35)32-24-16-14-22(15-17-24)30(36)39-28(27(34)20-6-3-2-4-7-20)26(31)23-8-5-9-25(18-23)33(37)38/h2-18,26,28H,1H3,(H,32,35)/t26-,28-/m1/s1. The predicted octanol–water partition coefficient (Wildman–Crippen LogP) is 6.70. The van der Waals surface area contributed by atoms with Crippen LogP contribution in [0.15, 0.2) is 103 Å². The van der Waals surface area contributed by atoms with Crippen molar-refractivity contribution < 1.29 is 24.0 Å². The maximum absolute atomic E-state index is 13.4. The summed E-state index contributed by atoms with van der Waals surface area (Å²) in [7, 11) is 0. The number of halogens is 1. The van der Waals surface area contributed by atoms with Gasteiger partial charge in [-0.1, -0.05) is 76.1 Å². The maximum atomic E-state index is 13.4. The van der Waals surface area contributed by atoms with E-state index in [-0.39, 0.29) is 17.2 Å². The Bertz CT molecular complexity index is 1500. The Morgan fingerprint density at radius 2 is 1.46 bits per heavy atom. The van der Waals surface area contributed by atoms with Crippen LogP contribution in [-0.4, -0.2) is 28.7 Å². The lowest BCUT2D eigenvalue weighted by Crippen LogP contribution is -2.31. The molecule has 0 saturated heterocycles. The van der Waals surface area contributed by atoms with Gasteiger partial charge in [0, 0.05) is 28.9 Å². The topological polar surface area (TPSA) is 116 Å². The summed E-state index contributed by atoms with van der Waals surface area (Å²) in [6, 6.07) is 27.3. The van der Waals surface area contributed by atoms with E-state index < -0.39 is 27.6 Å². The fraction of sp³-hybridized carbons (Fsp3) is 0.100. The fourth-order valence-electron chi connectivity index (χ4n) is 3.78. The van der Waals surface area contributed by atoms with Crippen LogP contribution in [0.4, 0.5) is 11.4 Å². The van der Waals surface area contributed by atoms with Crippen LogP contribution in [0.5, 0.6) is 0 Å². The van der Waals surface area contributed by atoms with E-state index in [0.717, 1.165) is 5.56 Å². The van der Waals surface area contributed by atoms with Crippen molar-refractivity contribution in [3.05, 3.63) is 141 Å². The molecule has 196 valence electrons. The lowest BCUT2D eigenvalue weighted by Gasteiger charge is -2.22. The average molecular weight is 587 g/mol. The van der Waals surface area contributed by atoms with E-state index >= 15 is 0 Å². The molecule has 0 heterocycles. The Hall–Kier alpha value is -4.63. The molecule has 39 heavy (non-hydrogen) atoms. The first kappa shape index (κ1) is 27.4. The fourth-order valence-corrected chi connectivity index (χ4v) is 4.41. The molecule has 0 radical (unpaired) electrons. The normalized spacial score (nSPS) is 12.2. The number of nitrogens with zero attached hydrogens (tertiary/aromatic N) is 1. The number of aryl methyl sites for hydroxylation is 1. The molecule has 0 unspecified atom stereocenters. The number of non-ortho nitro benzene ring substituents is 1. The summed E-state index contributed by atoms with van der Waals surface area (Å²) >= 11 is 3.43. The van der Waals surface area contributed by atoms with Crippen molar-refractivity contribution in [2.45, 2.75) is 17.9 Å². The molecule has 0 bridgehead atoms. The van der Waals surface area contributed by atoms with Gasteiger partial charge in [-0.2, -0.15) is 0 Å². The molecule has 4 aromatic carbocycles. The summed E-state index contributed by atoms with van der Waals surface area (Å²) in [6.07, 6.45) is -1.32. The zero-order chi connectivity index (χ0) is 27.9. The van der Waals surface area contributed by atoms with Gasteiger partial charge in [0.2, 0.25) is 5.78 Å². The van der Waals surface area contributed by atoms with E-state index in [1.54, 1.807) is 60.7 Å². The number of hydrogen-bond acceptors (Lipinski definition) is 6. The summed E-state index contributed by atoms with van der Waals surface area (Å²) < 4.78 is 5.68. The third-order valence-corrected chi connectivity index (χ3v) is 6.92. The number of carbonyl (C=O) groups is 3. The summed E-state index contributed by atoms with van der Waals surface area (Å²) in [5, 5.41) is 14.0. The number of ketones is 1. The number of nitrogens with one attached hydrogen (secondary N) is 1. The number of esters is 1. The maximum Gasteiger partial charge on any atom is 0.338 e. The predicted molar refractivity (Wildman–Crippen MR) is 150 cm³/mol. The number of nitro groups is 1. The van der Waals surface area contributed by atoms with Crippen LogP contribution in [0.1, 0.15) is 47.0 Å². The summed E-state index contributed by atoms with van der Waals surface area (Å²) in [4.78, 5) is 48.8. The number of hydrogen-bond donors (Lipinski definition) is 1. The first-order chi connectivity index (χ1) is 18.7. The minimum absolute atomic E-state index is 0.155. The number of amides is 1. The van der Waals surface area contributed by atoms with Gasteiger partial charge in [0.15, 0.2) is 6.10 Å². The monoisotopic (exact) mass is 586 g/mol. The molecule has 8 nitrogen and oxygen atoms in total. The first-order valence-corrected chi connectivity index (χ1v) is 12.8. The highest BCUT2D eigenvalue weighted by Crippen LogP contribution is 2.33. The van der Waals surface area contributed by atoms with Crippen molar-refractivity contribution >= 4 is 45.0 Å². The van der Waals surface area contributed by atoms with Gasteiger partial charge in [-0.05, 0) is 48.9 Å². The molecule has 1 N–H and O–H groups in total. The van der Waals surface area contributed by atoms with E-state index in [9.17, 15) is 24.5 Å². The molecule has 0 spiro atoms. The molecule has 4 rings (SSSR count). The van der Waals surface area contributed by atoms with Crippen LogP contribution in [0.2, 0.25) is 0 Å². The Labute approximate surface area is 232 Å². The van der Waals surface area contributed by atoms with Gasteiger partial charge < -0.3 is 10.1 Å². The average Bonchev–Trinajstić information content (AvgIpc) is 2.96. The van der Waals surface area contributed by atoms with Crippen LogP contribution in [0.25, 0.3) is 0 Å². The number of anilines is 1.